The molecule has 29 heavy (non-hydrogen) atoms. The normalized spacial score (nSPS) is 22.0. The van der Waals surface area contributed by atoms with Crippen LogP contribution in [0.1, 0.15) is 54.0 Å². The van der Waals surface area contributed by atoms with Crippen molar-refractivity contribution >= 4 is 5.97 Å². The van der Waals surface area contributed by atoms with Crippen molar-refractivity contribution in [3.8, 4) is 0 Å². The fourth-order valence-electron chi connectivity index (χ4n) is 5.06. The van der Waals surface area contributed by atoms with Gasteiger partial charge in [0.2, 0.25) is 0 Å². The quantitative estimate of drug-likeness (QED) is 0.787. The Morgan fingerprint density at radius 2 is 1.59 bits per heavy atom. The van der Waals surface area contributed by atoms with E-state index in [1.165, 1.54) is 22.3 Å². The predicted octanol–water partition coefficient (Wildman–Crippen LogP) is 4.47. The van der Waals surface area contributed by atoms with Gasteiger partial charge in [-0.1, -0.05) is 61.4 Å². The van der Waals surface area contributed by atoms with Gasteiger partial charge in [0.05, 0.1) is 12.5 Å². The lowest BCUT2D eigenvalue weighted by atomic mass is 9.84. The van der Waals surface area contributed by atoms with Gasteiger partial charge in [0.15, 0.2) is 0 Å². The Morgan fingerprint density at radius 1 is 1.00 bits per heavy atom. The second-order valence-electron chi connectivity index (χ2n) is 8.43. The number of carboxylic acids is 1. The molecule has 4 nitrogen and oxygen atoms in total. The van der Waals surface area contributed by atoms with Crippen LogP contribution in [0.25, 0.3) is 0 Å². The minimum Gasteiger partial charge on any atom is -0.481 e. The second-order valence-corrected chi connectivity index (χ2v) is 8.43. The van der Waals surface area contributed by atoms with Crippen molar-refractivity contribution < 1.29 is 14.6 Å². The summed E-state index contributed by atoms with van der Waals surface area (Å²) in [5, 5.41) is 9.58. The van der Waals surface area contributed by atoms with Gasteiger partial charge in [-0.2, -0.15) is 0 Å². The molecular formula is C25H31NO3. The summed E-state index contributed by atoms with van der Waals surface area (Å²) in [7, 11) is 2.05. The van der Waals surface area contributed by atoms with Crippen LogP contribution >= 0.6 is 0 Å². The molecule has 0 saturated heterocycles. The van der Waals surface area contributed by atoms with E-state index in [1.54, 1.807) is 0 Å². The van der Waals surface area contributed by atoms with Gasteiger partial charge in [0, 0.05) is 12.6 Å². The molecule has 1 N–H and O–H groups in total. The zero-order valence-corrected chi connectivity index (χ0v) is 17.2. The van der Waals surface area contributed by atoms with E-state index >= 15 is 0 Å². The number of nitrogens with zero attached hydrogens (tertiary/aromatic N) is 1. The minimum atomic E-state index is -0.658. The maximum absolute atomic E-state index is 11.6. The first kappa shape index (κ1) is 20.1. The number of likely N-dealkylation sites (N-methyl/N-ethyl adjacent to an activating group) is 1. The Balaban J connectivity index is 1.47. The standard InChI is InChI=1S/C25H31NO3/c1-26(23-13-7-6-12-22(23)25(27)28)16-17-29-24-20-10-4-2-8-18(20)14-15-19-9-3-5-11-21(19)24/h2-5,8-11,22-24H,6-7,12-17H2,1H3,(H,27,28). The average molecular weight is 394 g/mol. The molecule has 2 aliphatic rings. The zero-order chi connectivity index (χ0) is 20.2. The number of ether oxygens (including phenoxy) is 1. The fraction of sp³-hybridized carbons (Fsp3) is 0.480. The van der Waals surface area contributed by atoms with Crippen LogP contribution in [0, 0.1) is 5.92 Å². The van der Waals surface area contributed by atoms with Gasteiger partial charge in [0.1, 0.15) is 6.10 Å². The molecule has 2 unspecified atom stereocenters. The molecule has 0 bridgehead atoms. The molecule has 0 aromatic heterocycles. The van der Waals surface area contributed by atoms with E-state index in [0.29, 0.717) is 6.61 Å². The lowest BCUT2D eigenvalue weighted by Gasteiger charge is -2.36. The molecule has 0 spiro atoms. The van der Waals surface area contributed by atoms with Crippen LogP contribution in [-0.2, 0) is 22.4 Å². The molecule has 4 heteroatoms. The first-order chi connectivity index (χ1) is 14.1. The van der Waals surface area contributed by atoms with Crippen LogP contribution in [-0.4, -0.2) is 42.2 Å². The largest absolute Gasteiger partial charge is 0.481 e. The number of hydrogen-bond donors (Lipinski definition) is 1. The van der Waals surface area contributed by atoms with Gasteiger partial charge >= 0.3 is 5.97 Å². The number of aryl methyl sites for hydroxylation is 2. The van der Waals surface area contributed by atoms with Crippen LogP contribution in [0.5, 0.6) is 0 Å². The maximum Gasteiger partial charge on any atom is 0.308 e. The smallest absolute Gasteiger partial charge is 0.308 e. The van der Waals surface area contributed by atoms with E-state index in [-0.39, 0.29) is 18.1 Å². The van der Waals surface area contributed by atoms with Crippen LogP contribution < -0.4 is 0 Å². The number of carbonyl (C=O) groups is 1. The Bertz CT molecular complexity index is 802. The predicted molar refractivity (Wildman–Crippen MR) is 114 cm³/mol. The highest BCUT2D eigenvalue weighted by molar-refractivity contribution is 5.71. The molecule has 154 valence electrons. The molecule has 0 heterocycles. The number of carboxylic acid groups (broad SMARTS) is 1. The summed E-state index contributed by atoms with van der Waals surface area (Å²) < 4.78 is 6.48. The molecule has 2 atom stereocenters. The van der Waals surface area contributed by atoms with Crippen molar-refractivity contribution in [1.29, 1.82) is 0 Å². The molecule has 1 fully saturated rings. The van der Waals surface area contributed by atoms with Crippen LogP contribution in [0.3, 0.4) is 0 Å². The SMILES string of the molecule is CN(CCOC1c2ccccc2CCc2ccccc21)C1CCCCC1C(=O)O. The van der Waals surface area contributed by atoms with E-state index in [2.05, 4.69) is 53.4 Å². The Kier molecular flexibility index (Phi) is 6.31. The molecule has 2 aromatic carbocycles. The van der Waals surface area contributed by atoms with Gasteiger partial charge in [-0.15, -0.1) is 0 Å². The van der Waals surface area contributed by atoms with Crippen molar-refractivity contribution in [3.05, 3.63) is 70.8 Å². The Hall–Kier alpha value is -2.17. The van der Waals surface area contributed by atoms with Crippen LogP contribution in [0.2, 0.25) is 0 Å². The van der Waals surface area contributed by atoms with Crippen LogP contribution in [0.15, 0.2) is 48.5 Å². The van der Waals surface area contributed by atoms with Crippen molar-refractivity contribution in [1.82, 2.24) is 4.90 Å². The fourth-order valence-corrected chi connectivity index (χ4v) is 5.06. The average Bonchev–Trinajstić information content (AvgIpc) is 2.91. The van der Waals surface area contributed by atoms with Gasteiger partial charge in [-0.3, -0.25) is 4.79 Å². The number of hydrogen-bond acceptors (Lipinski definition) is 3. The lowest BCUT2D eigenvalue weighted by molar-refractivity contribution is -0.145. The third-order valence-electron chi connectivity index (χ3n) is 6.68. The third-order valence-corrected chi connectivity index (χ3v) is 6.68. The summed E-state index contributed by atoms with van der Waals surface area (Å²) in [6.07, 6.45) is 5.90. The number of fused-ring (bicyclic) bond motifs is 2. The van der Waals surface area contributed by atoms with Gasteiger partial charge in [0.25, 0.3) is 0 Å². The third kappa shape index (κ3) is 4.39. The monoisotopic (exact) mass is 393 g/mol. The highest BCUT2D eigenvalue weighted by Crippen LogP contribution is 2.35. The highest BCUT2D eigenvalue weighted by atomic mass is 16.5. The van der Waals surface area contributed by atoms with Crippen molar-refractivity contribution in [2.45, 2.75) is 50.7 Å². The first-order valence-corrected chi connectivity index (χ1v) is 10.9. The van der Waals surface area contributed by atoms with E-state index in [1.807, 2.05) is 7.05 Å². The maximum atomic E-state index is 11.6. The van der Waals surface area contributed by atoms with E-state index in [0.717, 1.165) is 45.1 Å². The molecule has 0 amide bonds. The number of aliphatic carboxylic acids is 1. The van der Waals surface area contributed by atoms with Gasteiger partial charge in [-0.05, 0) is 55.0 Å². The van der Waals surface area contributed by atoms with Crippen molar-refractivity contribution in [2.24, 2.45) is 5.92 Å². The highest BCUT2D eigenvalue weighted by Gasteiger charge is 2.33. The minimum absolute atomic E-state index is 0.0556. The Morgan fingerprint density at radius 3 is 2.21 bits per heavy atom. The summed E-state index contributed by atoms with van der Waals surface area (Å²) in [6, 6.07) is 17.3. The molecular weight excluding hydrogens is 362 g/mol. The van der Waals surface area contributed by atoms with Gasteiger partial charge < -0.3 is 14.7 Å². The molecule has 0 radical (unpaired) electrons. The van der Waals surface area contributed by atoms with Crippen molar-refractivity contribution in [3.63, 3.8) is 0 Å². The molecule has 2 aromatic rings. The summed E-state index contributed by atoms with van der Waals surface area (Å²) in [5.74, 6) is -0.915. The number of rotatable bonds is 6. The van der Waals surface area contributed by atoms with E-state index in [4.69, 9.17) is 4.74 Å². The molecule has 2 aliphatic carbocycles. The summed E-state index contributed by atoms with van der Waals surface area (Å²) >= 11 is 0. The Labute approximate surface area is 173 Å². The second kappa shape index (κ2) is 9.10. The van der Waals surface area contributed by atoms with E-state index < -0.39 is 5.97 Å². The first-order valence-electron chi connectivity index (χ1n) is 10.9. The van der Waals surface area contributed by atoms with Gasteiger partial charge in [-0.25, -0.2) is 0 Å². The summed E-state index contributed by atoms with van der Waals surface area (Å²) in [6.45, 7) is 1.34. The van der Waals surface area contributed by atoms with Crippen molar-refractivity contribution in [2.75, 3.05) is 20.2 Å². The number of benzene rings is 2. The summed E-state index contributed by atoms with van der Waals surface area (Å²) in [5.41, 5.74) is 5.25. The molecule has 4 rings (SSSR count). The lowest BCUT2D eigenvalue weighted by Crippen LogP contribution is -2.44. The molecule has 1 saturated carbocycles. The van der Waals surface area contributed by atoms with E-state index in [9.17, 15) is 9.90 Å². The summed E-state index contributed by atoms with van der Waals surface area (Å²) in [4.78, 5) is 13.8. The topological polar surface area (TPSA) is 49.8 Å². The molecule has 0 aliphatic heterocycles. The zero-order valence-electron chi connectivity index (χ0n) is 17.2. The van der Waals surface area contributed by atoms with Crippen LogP contribution in [0.4, 0.5) is 0 Å².